The number of halogens is 1. The quantitative estimate of drug-likeness (QED) is 0.850. The zero-order valence-electron chi connectivity index (χ0n) is 11.5. The van der Waals surface area contributed by atoms with Crippen LogP contribution in [0.4, 0.5) is 0 Å². The summed E-state index contributed by atoms with van der Waals surface area (Å²) in [5, 5.41) is 12.2. The highest BCUT2D eigenvalue weighted by Crippen LogP contribution is 2.23. The van der Waals surface area contributed by atoms with Gasteiger partial charge in [-0.2, -0.15) is 0 Å². The molecule has 21 heavy (non-hydrogen) atoms. The van der Waals surface area contributed by atoms with Gasteiger partial charge >= 0.3 is 5.97 Å². The molecule has 1 aliphatic rings. The van der Waals surface area contributed by atoms with E-state index in [1.54, 1.807) is 18.2 Å². The fourth-order valence-corrected chi connectivity index (χ4v) is 2.45. The zero-order valence-corrected chi connectivity index (χ0v) is 12.2. The molecule has 2 rings (SSSR count). The number of aliphatic carboxylic acids is 1. The van der Waals surface area contributed by atoms with Gasteiger partial charge in [-0.1, -0.05) is 11.6 Å². The van der Waals surface area contributed by atoms with Crippen LogP contribution in [-0.2, 0) is 20.7 Å². The molecule has 1 amide bonds. The summed E-state index contributed by atoms with van der Waals surface area (Å²) in [5.41, 5.74) is 0.647. The average molecular weight is 314 g/mol. The van der Waals surface area contributed by atoms with Crippen LogP contribution in [0.2, 0.25) is 5.02 Å². The second-order valence-electron chi connectivity index (χ2n) is 4.79. The van der Waals surface area contributed by atoms with Crippen molar-refractivity contribution in [2.75, 3.05) is 20.3 Å². The summed E-state index contributed by atoms with van der Waals surface area (Å²) in [5.74, 6) is -1.42. The summed E-state index contributed by atoms with van der Waals surface area (Å²) in [6, 6.07) is 4.50. The Morgan fingerprint density at radius 1 is 1.48 bits per heavy atom. The number of carboxylic acids is 1. The molecule has 0 spiro atoms. The van der Waals surface area contributed by atoms with E-state index in [9.17, 15) is 9.59 Å². The molecule has 7 heteroatoms. The first-order chi connectivity index (χ1) is 10.0. The minimum absolute atomic E-state index is 0.0621. The van der Waals surface area contributed by atoms with E-state index in [1.807, 2.05) is 0 Å². The topological polar surface area (TPSA) is 84.9 Å². The van der Waals surface area contributed by atoms with Crippen molar-refractivity contribution in [3.8, 4) is 5.75 Å². The molecule has 1 fully saturated rings. The van der Waals surface area contributed by atoms with Crippen LogP contribution in [0, 0.1) is 5.92 Å². The second kappa shape index (κ2) is 6.78. The Labute approximate surface area is 127 Å². The smallest absolute Gasteiger partial charge is 0.311 e. The molecule has 0 saturated carbocycles. The SMILES string of the molecule is COc1ccc(Cl)cc1CC(=O)NC1COCC1C(=O)O. The number of rotatable bonds is 5. The molecule has 6 nitrogen and oxygen atoms in total. The first-order valence-corrected chi connectivity index (χ1v) is 6.81. The van der Waals surface area contributed by atoms with Gasteiger partial charge in [-0.3, -0.25) is 9.59 Å². The van der Waals surface area contributed by atoms with Gasteiger partial charge in [0.1, 0.15) is 11.7 Å². The van der Waals surface area contributed by atoms with Gasteiger partial charge in [0.25, 0.3) is 0 Å². The molecule has 2 unspecified atom stereocenters. The third-order valence-electron chi connectivity index (χ3n) is 3.34. The Morgan fingerprint density at radius 3 is 2.90 bits per heavy atom. The van der Waals surface area contributed by atoms with Crippen molar-refractivity contribution in [3.63, 3.8) is 0 Å². The molecule has 1 heterocycles. The minimum Gasteiger partial charge on any atom is -0.496 e. The van der Waals surface area contributed by atoms with Crippen LogP contribution in [0.15, 0.2) is 18.2 Å². The molecule has 1 saturated heterocycles. The third kappa shape index (κ3) is 3.86. The molecular formula is C14H16ClNO5. The highest BCUT2D eigenvalue weighted by molar-refractivity contribution is 6.30. The number of carbonyl (C=O) groups is 2. The van der Waals surface area contributed by atoms with E-state index in [1.165, 1.54) is 7.11 Å². The number of methoxy groups -OCH3 is 1. The van der Waals surface area contributed by atoms with Crippen LogP contribution >= 0.6 is 11.6 Å². The molecule has 1 aromatic carbocycles. The first-order valence-electron chi connectivity index (χ1n) is 6.43. The maximum atomic E-state index is 12.1. The van der Waals surface area contributed by atoms with Crippen molar-refractivity contribution >= 4 is 23.5 Å². The Morgan fingerprint density at radius 2 is 2.24 bits per heavy atom. The Bertz CT molecular complexity index is 548. The van der Waals surface area contributed by atoms with Crippen molar-refractivity contribution in [1.29, 1.82) is 0 Å². The van der Waals surface area contributed by atoms with E-state index in [0.717, 1.165) is 0 Å². The summed E-state index contributed by atoms with van der Waals surface area (Å²) in [6.45, 7) is 0.316. The molecular weight excluding hydrogens is 298 g/mol. The van der Waals surface area contributed by atoms with Gasteiger partial charge in [0.2, 0.25) is 5.91 Å². The zero-order chi connectivity index (χ0) is 15.4. The normalized spacial score (nSPS) is 21.0. The van der Waals surface area contributed by atoms with E-state index in [0.29, 0.717) is 16.3 Å². The van der Waals surface area contributed by atoms with Crippen molar-refractivity contribution in [2.24, 2.45) is 5.92 Å². The number of hydrogen-bond donors (Lipinski definition) is 2. The van der Waals surface area contributed by atoms with Crippen LogP contribution in [-0.4, -0.2) is 43.3 Å². The van der Waals surface area contributed by atoms with Crippen LogP contribution in [0.25, 0.3) is 0 Å². The monoisotopic (exact) mass is 313 g/mol. The van der Waals surface area contributed by atoms with Gasteiger partial charge in [-0.15, -0.1) is 0 Å². The number of amides is 1. The summed E-state index contributed by atoms with van der Waals surface area (Å²) >= 11 is 5.91. The maximum absolute atomic E-state index is 12.1. The predicted molar refractivity (Wildman–Crippen MR) is 75.6 cm³/mol. The summed E-state index contributed by atoms with van der Waals surface area (Å²) < 4.78 is 10.3. The second-order valence-corrected chi connectivity index (χ2v) is 5.23. The highest BCUT2D eigenvalue weighted by atomic mass is 35.5. The maximum Gasteiger partial charge on any atom is 0.311 e. The lowest BCUT2D eigenvalue weighted by atomic mass is 10.0. The molecule has 0 radical (unpaired) electrons. The highest BCUT2D eigenvalue weighted by Gasteiger charge is 2.35. The van der Waals surface area contributed by atoms with Gasteiger partial charge in [-0.25, -0.2) is 0 Å². The van der Waals surface area contributed by atoms with Crippen LogP contribution < -0.4 is 10.1 Å². The van der Waals surface area contributed by atoms with Crippen LogP contribution in [0.3, 0.4) is 0 Å². The summed E-state index contributed by atoms with van der Waals surface area (Å²) in [7, 11) is 1.51. The van der Waals surface area contributed by atoms with Gasteiger partial charge in [0, 0.05) is 10.6 Å². The van der Waals surface area contributed by atoms with Gasteiger partial charge in [-0.05, 0) is 18.2 Å². The van der Waals surface area contributed by atoms with Gasteiger partial charge in [0.15, 0.2) is 0 Å². The van der Waals surface area contributed by atoms with Crippen LogP contribution in [0.1, 0.15) is 5.56 Å². The van der Waals surface area contributed by atoms with Gasteiger partial charge < -0.3 is 19.9 Å². The minimum atomic E-state index is -0.974. The van der Waals surface area contributed by atoms with E-state index in [2.05, 4.69) is 5.32 Å². The average Bonchev–Trinajstić information content (AvgIpc) is 2.87. The number of benzene rings is 1. The standard InChI is InChI=1S/C14H16ClNO5/c1-20-12-3-2-9(15)4-8(12)5-13(17)16-11-7-21-6-10(11)14(18)19/h2-4,10-11H,5-7H2,1H3,(H,16,17)(H,18,19). The number of carbonyl (C=O) groups excluding carboxylic acids is 1. The Hall–Kier alpha value is -1.79. The lowest BCUT2D eigenvalue weighted by molar-refractivity contribution is -0.142. The molecule has 1 aliphatic heterocycles. The Kier molecular flexibility index (Phi) is 5.03. The number of nitrogens with one attached hydrogen (secondary N) is 1. The lowest BCUT2D eigenvalue weighted by Gasteiger charge is -2.16. The van der Waals surface area contributed by atoms with Crippen molar-refractivity contribution in [1.82, 2.24) is 5.32 Å². The first kappa shape index (κ1) is 15.6. The van der Waals surface area contributed by atoms with Crippen molar-refractivity contribution < 1.29 is 24.2 Å². The van der Waals surface area contributed by atoms with Crippen LogP contribution in [0.5, 0.6) is 5.75 Å². The third-order valence-corrected chi connectivity index (χ3v) is 3.57. The fourth-order valence-electron chi connectivity index (χ4n) is 2.26. The Balaban J connectivity index is 2.02. The predicted octanol–water partition coefficient (Wildman–Crippen LogP) is 1.11. The molecule has 0 aromatic heterocycles. The molecule has 1 aromatic rings. The number of ether oxygens (including phenoxy) is 2. The molecule has 0 bridgehead atoms. The van der Waals surface area contributed by atoms with Crippen molar-refractivity contribution in [3.05, 3.63) is 28.8 Å². The van der Waals surface area contributed by atoms with Gasteiger partial charge in [0.05, 0.1) is 32.8 Å². The van der Waals surface area contributed by atoms with E-state index in [4.69, 9.17) is 26.2 Å². The molecule has 2 atom stereocenters. The van der Waals surface area contributed by atoms with Crippen molar-refractivity contribution in [2.45, 2.75) is 12.5 Å². The van der Waals surface area contributed by atoms with E-state index in [-0.39, 0.29) is 25.5 Å². The molecule has 114 valence electrons. The lowest BCUT2D eigenvalue weighted by Crippen LogP contribution is -2.43. The number of carboxylic acid groups (broad SMARTS) is 1. The van der Waals surface area contributed by atoms with E-state index >= 15 is 0 Å². The summed E-state index contributed by atoms with van der Waals surface area (Å²) in [6.07, 6.45) is 0.0621. The fraction of sp³-hybridized carbons (Fsp3) is 0.429. The molecule has 0 aliphatic carbocycles. The largest absolute Gasteiger partial charge is 0.496 e. The molecule has 2 N–H and O–H groups in total. The van der Waals surface area contributed by atoms with E-state index < -0.39 is 17.9 Å². The number of hydrogen-bond acceptors (Lipinski definition) is 4. The summed E-state index contributed by atoms with van der Waals surface area (Å²) in [4.78, 5) is 23.1.